The van der Waals surface area contributed by atoms with E-state index in [1.807, 2.05) is 30.0 Å². The molecule has 0 amide bonds. The minimum atomic E-state index is 0.199. The van der Waals surface area contributed by atoms with Gasteiger partial charge in [0, 0.05) is 17.4 Å². The highest BCUT2D eigenvalue weighted by Gasteiger charge is 2.27. The van der Waals surface area contributed by atoms with Crippen LogP contribution >= 0.6 is 11.8 Å². The summed E-state index contributed by atoms with van der Waals surface area (Å²) >= 11 is 1.91. The lowest BCUT2D eigenvalue weighted by atomic mass is 10.0. The number of nitrogens with two attached hydrogens (primary N) is 1. The van der Waals surface area contributed by atoms with Crippen molar-refractivity contribution in [3.05, 3.63) is 18.2 Å². The van der Waals surface area contributed by atoms with Crippen LogP contribution in [0.2, 0.25) is 0 Å². The van der Waals surface area contributed by atoms with Crippen molar-refractivity contribution in [2.24, 2.45) is 0 Å². The number of benzene rings is 1. The second-order valence-electron chi connectivity index (χ2n) is 5.01. The number of hydrogen-bond acceptors (Lipinski definition) is 4. The molecule has 5 heteroatoms. The molecule has 0 saturated heterocycles. The van der Waals surface area contributed by atoms with Gasteiger partial charge < -0.3 is 15.0 Å². The van der Waals surface area contributed by atoms with Crippen molar-refractivity contribution >= 4 is 28.7 Å². The zero-order valence-corrected chi connectivity index (χ0v) is 13.5. The van der Waals surface area contributed by atoms with Crippen molar-refractivity contribution < 1.29 is 4.74 Å². The molecular formula is C15H23N3OS. The Morgan fingerprint density at radius 2 is 2.05 bits per heavy atom. The number of fused-ring (bicyclic) bond motifs is 1. The summed E-state index contributed by atoms with van der Waals surface area (Å²) in [7, 11) is 1.68. The van der Waals surface area contributed by atoms with Crippen LogP contribution in [-0.4, -0.2) is 27.7 Å². The van der Waals surface area contributed by atoms with Crippen LogP contribution in [0.5, 0.6) is 5.75 Å². The number of thioether (sulfide) groups is 1. The SMILES string of the molecule is CCC(CC)(Cn1c(N)nc2ccc(OC)cc21)SC. The average Bonchev–Trinajstić information content (AvgIpc) is 2.79. The molecule has 2 aromatic rings. The molecular weight excluding hydrogens is 270 g/mol. The summed E-state index contributed by atoms with van der Waals surface area (Å²) in [6.45, 7) is 5.34. The third-order valence-corrected chi connectivity index (χ3v) is 5.73. The monoisotopic (exact) mass is 293 g/mol. The first-order valence-corrected chi connectivity index (χ1v) is 8.16. The Morgan fingerprint density at radius 3 is 2.60 bits per heavy atom. The van der Waals surface area contributed by atoms with Gasteiger partial charge in [0.25, 0.3) is 0 Å². The summed E-state index contributed by atoms with van der Waals surface area (Å²) < 4.78 is 7.62. The van der Waals surface area contributed by atoms with Gasteiger partial charge in [-0.2, -0.15) is 11.8 Å². The van der Waals surface area contributed by atoms with E-state index in [0.717, 1.165) is 36.2 Å². The van der Waals surface area contributed by atoms with Gasteiger partial charge in [-0.25, -0.2) is 4.98 Å². The third kappa shape index (κ3) is 2.59. The number of methoxy groups -OCH3 is 1. The van der Waals surface area contributed by atoms with Gasteiger partial charge in [0.05, 0.1) is 18.1 Å². The van der Waals surface area contributed by atoms with Gasteiger partial charge in [0.15, 0.2) is 0 Å². The summed E-state index contributed by atoms with van der Waals surface area (Å²) in [5, 5.41) is 0. The van der Waals surface area contributed by atoms with Gasteiger partial charge in [-0.05, 0) is 31.2 Å². The first-order chi connectivity index (χ1) is 9.59. The molecule has 0 fully saturated rings. The topological polar surface area (TPSA) is 53.1 Å². The van der Waals surface area contributed by atoms with E-state index in [1.54, 1.807) is 7.11 Å². The lowest BCUT2D eigenvalue weighted by Crippen LogP contribution is -2.29. The molecule has 110 valence electrons. The smallest absolute Gasteiger partial charge is 0.201 e. The summed E-state index contributed by atoms with van der Waals surface area (Å²) in [6.07, 6.45) is 4.38. The van der Waals surface area contributed by atoms with E-state index in [4.69, 9.17) is 10.5 Å². The molecule has 0 aliphatic heterocycles. The number of ether oxygens (including phenoxy) is 1. The number of rotatable bonds is 6. The molecule has 0 aliphatic rings. The van der Waals surface area contributed by atoms with Crippen LogP contribution in [0.3, 0.4) is 0 Å². The van der Waals surface area contributed by atoms with Crippen LogP contribution in [0.25, 0.3) is 11.0 Å². The molecule has 1 aromatic heterocycles. The summed E-state index contributed by atoms with van der Waals surface area (Å²) in [5.41, 5.74) is 8.08. The number of anilines is 1. The average molecular weight is 293 g/mol. The quantitative estimate of drug-likeness (QED) is 0.885. The summed E-state index contributed by atoms with van der Waals surface area (Å²) in [6, 6.07) is 5.88. The minimum absolute atomic E-state index is 0.199. The van der Waals surface area contributed by atoms with Crippen molar-refractivity contribution in [2.45, 2.75) is 38.0 Å². The number of imidazole rings is 1. The Morgan fingerprint density at radius 1 is 1.35 bits per heavy atom. The van der Waals surface area contributed by atoms with Crippen LogP contribution in [0, 0.1) is 0 Å². The normalized spacial score (nSPS) is 12.0. The van der Waals surface area contributed by atoms with Crippen LogP contribution in [0.1, 0.15) is 26.7 Å². The fourth-order valence-corrected chi connectivity index (χ4v) is 3.36. The molecule has 1 aromatic carbocycles. The highest BCUT2D eigenvalue weighted by molar-refractivity contribution is 8.00. The maximum atomic E-state index is 6.12. The number of hydrogen-bond donors (Lipinski definition) is 1. The zero-order chi connectivity index (χ0) is 14.8. The Kier molecular flexibility index (Phi) is 4.48. The lowest BCUT2D eigenvalue weighted by molar-refractivity contribution is 0.415. The van der Waals surface area contributed by atoms with Crippen molar-refractivity contribution in [3.8, 4) is 5.75 Å². The van der Waals surface area contributed by atoms with Crippen LogP contribution in [0.4, 0.5) is 5.95 Å². The Balaban J connectivity index is 2.50. The Bertz CT molecular complexity index is 582. The molecule has 0 spiro atoms. The molecule has 2 rings (SSSR count). The molecule has 0 bridgehead atoms. The van der Waals surface area contributed by atoms with Gasteiger partial charge >= 0.3 is 0 Å². The van der Waals surface area contributed by atoms with Gasteiger partial charge in [-0.3, -0.25) is 0 Å². The molecule has 0 radical (unpaired) electrons. The van der Waals surface area contributed by atoms with Crippen molar-refractivity contribution in [1.29, 1.82) is 0 Å². The van der Waals surface area contributed by atoms with Crippen LogP contribution in [0.15, 0.2) is 18.2 Å². The first kappa shape index (κ1) is 15.0. The second-order valence-corrected chi connectivity index (χ2v) is 6.28. The lowest BCUT2D eigenvalue weighted by Gasteiger charge is -2.30. The molecule has 0 saturated carbocycles. The van der Waals surface area contributed by atoms with E-state index in [1.165, 1.54) is 0 Å². The van der Waals surface area contributed by atoms with E-state index < -0.39 is 0 Å². The maximum absolute atomic E-state index is 6.12. The first-order valence-electron chi connectivity index (χ1n) is 6.94. The van der Waals surface area contributed by atoms with Crippen LogP contribution < -0.4 is 10.5 Å². The molecule has 1 heterocycles. The molecule has 0 aliphatic carbocycles. The van der Waals surface area contributed by atoms with Crippen LogP contribution in [-0.2, 0) is 6.54 Å². The standard InChI is InChI=1S/C15H23N3OS/c1-5-15(6-2,20-4)10-18-13-9-11(19-3)7-8-12(13)17-14(18)16/h7-9H,5-6,10H2,1-4H3,(H2,16,17). The molecule has 0 unspecified atom stereocenters. The van der Waals surface area contributed by atoms with E-state index in [9.17, 15) is 0 Å². The summed E-state index contributed by atoms with van der Waals surface area (Å²) in [5.74, 6) is 1.41. The number of nitrogens with zero attached hydrogens (tertiary/aromatic N) is 2. The molecule has 4 nitrogen and oxygen atoms in total. The Hall–Kier alpha value is -1.36. The fourth-order valence-electron chi connectivity index (χ4n) is 2.53. The number of nitrogen functional groups attached to an aromatic ring is 1. The maximum Gasteiger partial charge on any atom is 0.201 e. The van der Waals surface area contributed by atoms with Gasteiger partial charge in [-0.1, -0.05) is 13.8 Å². The Labute approximate surface area is 124 Å². The predicted octanol–water partition coefficient (Wildman–Crippen LogP) is 3.55. The van der Waals surface area contributed by atoms with Gasteiger partial charge in [0.1, 0.15) is 5.75 Å². The van der Waals surface area contributed by atoms with Crippen molar-refractivity contribution in [3.63, 3.8) is 0 Å². The highest BCUT2D eigenvalue weighted by Crippen LogP contribution is 2.35. The van der Waals surface area contributed by atoms with E-state index in [-0.39, 0.29) is 4.75 Å². The molecule has 0 atom stereocenters. The zero-order valence-electron chi connectivity index (χ0n) is 12.6. The molecule has 20 heavy (non-hydrogen) atoms. The second kappa shape index (κ2) is 5.95. The minimum Gasteiger partial charge on any atom is -0.497 e. The van der Waals surface area contributed by atoms with Gasteiger partial charge in [-0.15, -0.1) is 0 Å². The summed E-state index contributed by atoms with van der Waals surface area (Å²) in [4.78, 5) is 4.45. The van der Waals surface area contributed by atoms with Crippen molar-refractivity contribution in [2.75, 3.05) is 19.1 Å². The van der Waals surface area contributed by atoms with E-state index in [2.05, 4.69) is 29.7 Å². The van der Waals surface area contributed by atoms with E-state index >= 15 is 0 Å². The fraction of sp³-hybridized carbons (Fsp3) is 0.533. The third-order valence-electron chi connectivity index (χ3n) is 4.15. The predicted molar refractivity (Wildman–Crippen MR) is 87.5 cm³/mol. The van der Waals surface area contributed by atoms with Crippen molar-refractivity contribution in [1.82, 2.24) is 9.55 Å². The van der Waals surface area contributed by atoms with Gasteiger partial charge in [0.2, 0.25) is 5.95 Å². The largest absolute Gasteiger partial charge is 0.497 e. The molecule has 2 N–H and O–H groups in total. The van der Waals surface area contributed by atoms with E-state index in [0.29, 0.717) is 5.95 Å². The highest BCUT2D eigenvalue weighted by atomic mass is 32.2. The number of aromatic nitrogens is 2.